The summed E-state index contributed by atoms with van der Waals surface area (Å²) >= 11 is 0. The molecular weight excluding hydrogens is 228 g/mol. The summed E-state index contributed by atoms with van der Waals surface area (Å²) in [6.45, 7) is 0. The van der Waals surface area contributed by atoms with Crippen molar-refractivity contribution < 1.29 is 9.85 Å². The number of non-ortho nitro benzene ring substituents is 2. The zero-order chi connectivity index (χ0) is 12.7. The van der Waals surface area contributed by atoms with E-state index < -0.39 is 9.85 Å². The van der Waals surface area contributed by atoms with Crippen molar-refractivity contribution in [2.45, 2.75) is 0 Å². The van der Waals surface area contributed by atoms with Crippen LogP contribution in [0.25, 0.3) is 0 Å². The first-order valence-electron chi connectivity index (χ1n) is 4.43. The first kappa shape index (κ1) is 12.3. The van der Waals surface area contributed by atoms with Crippen LogP contribution in [-0.4, -0.2) is 19.8 Å². The summed E-state index contributed by atoms with van der Waals surface area (Å²) in [5, 5.41) is 20.3. The lowest BCUT2D eigenvalue weighted by atomic mass is 10.3. The van der Waals surface area contributed by atoms with E-state index in [2.05, 4.69) is 9.97 Å². The predicted octanol–water partition coefficient (Wildman–Crippen LogP) is 1.91. The van der Waals surface area contributed by atoms with E-state index in [0.717, 1.165) is 6.07 Å². The van der Waals surface area contributed by atoms with Crippen LogP contribution in [0.4, 0.5) is 11.4 Å². The normalized spacial score (nSPS) is 8.94. The van der Waals surface area contributed by atoms with Crippen LogP contribution in [0.5, 0.6) is 0 Å². The molecule has 0 saturated carbocycles. The highest BCUT2D eigenvalue weighted by atomic mass is 16.6. The lowest BCUT2D eigenvalue weighted by Gasteiger charge is -1.90. The molecule has 88 valence electrons. The second-order valence-electron chi connectivity index (χ2n) is 2.79. The van der Waals surface area contributed by atoms with Gasteiger partial charge in [0.15, 0.2) is 0 Å². The Balaban J connectivity index is 0.000000239. The van der Waals surface area contributed by atoms with Gasteiger partial charge in [-0.05, 0) is 6.07 Å². The van der Waals surface area contributed by atoms with E-state index in [0.29, 0.717) is 0 Å². The average Bonchev–Trinajstić information content (AvgIpc) is 2.87. The number of hydrogen-bond donors (Lipinski definition) is 1. The van der Waals surface area contributed by atoms with E-state index in [1.807, 2.05) is 0 Å². The van der Waals surface area contributed by atoms with E-state index in [4.69, 9.17) is 0 Å². The molecular formula is C9H8N4O4. The van der Waals surface area contributed by atoms with E-state index in [-0.39, 0.29) is 11.4 Å². The summed E-state index contributed by atoms with van der Waals surface area (Å²) in [5.74, 6) is 0. The highest BCUT2D eigenvalue weighted by molar-refractivity contribution is 5.42. The summed E-state index contributed by atoms with van der Waals surface area (Å²) < 4.78 is 0. The number of nitro benzene ring substituents is 2. The molecule has 0 amide bonds. The van der Waals surface area contributed by atoms with Gasteiger partial charge in [-0.3, -0.25) is 20.2 Å². The Morgan fingerprint density at radius 2 is 1.71 bits per heavy atom. The van der Waals surface area contributed by atoms with Crippen LogP contribution in [0.1, 0.15) is 0 Å². The van der Waals surface area contributed by atoms with Crippen LogP contribution in [0.15, 0.2) is 43.0 Å². The molecule has 0 unspecified atom stereocenters. The third-order valence-corrected chi connectivity index (χ3v) is 1.66. The Bertz CT molecular complexity index is 451. The van der Waals surface area contributed by atoms with Crippen molar-refractivity contribution in [2.24, 2.45) is 0 Å². The third kappa shape index (κ3) is 4.08. The van der Waals surface area contributed by atoms with Crippen molar-refractivity contribution in [2.75, 3.05) is 0 Å². The zero-order valence-electron chi connectivity index (χ0n) is 8.52. The molecule has 1 aromatic heterocycles. The van der Waals surface area contributed by atoms with Crippen LogP contribution >= 0.6 is 0 Å². The van der Waals surface area contributed by atoms with E-state index >= 15 is 0 Å². The topological polar surface area (TPSA) is 115 Å². The van der Waals surface area contributed by atoms with Gasteiger partial charge in [0.25, 0.3) is 11.4 Å². The smallest absolute Gasteiger partial charge is 0.276 e. The molecule has 0 atom stereocenters. The average molecular weight is 236 g/mol. The van der Waals surface area contributed by atoms with Crippen LogP contribution < -0.4 is 0 Å². The molecule has 0 aliphatic carbocycles. The van der Waals surface area contributed by atoms with Gasteiger partial charge in [0.05, 0.1) is 22.2 Å². The number of hydrogen-bond acceptors (Lipinski definition) is 5. The van der Waals surface area contributed by atoms with Gasteiger partial charge in [-0.25, -0.2) is 4.98 Å². The molecule has 1 heterocycles. The van der Waals surface area contributed by atoms with Crippen LogP contribution in [0.3, 0.4) is 0 Å². The molecule has 8 heteroatoms. The molecule has 0 fully saturated rings. The lowest BCUT2D eigenvalue weighted by molar-refractivity contribution is -0.394. The van der Waals surface area contributed by atoms with Crippen molar-refractivity contribution in [1.82, 2.24) is 9.97 Å². The second-order valence-corrected chi connectivity index (χ2v) is 2.79. The fourth-order valence-corrected chi connectivity index (χ4v) is 0.935. The number of rotatable bonds is 2. The molecule has 0 bridgehead atoms. The Morgan fingerprint density at radius 1 is 1.12 bits per heavy atom. The van der Waals surface area contributed by atoms with Crippen LogP contribution in [0, 0.1) is 20.2 Å². The van der Waals surface area contributed by atoms with E-state index in [1.54, 1.807) is 18.7 Å². The summed E-state index contributed by atoms with van der Waals surface area (Å²) in [7, 11) is 0. The number of nitrogens with one attached hydrogen (secondary N) is 1. The van der Waals surface area contributed by atoms with E-state index in [9.17, 15) is 20.2 Å². The molecule has 0 aliphatic rings. The highest BCUT2D eigenvalue weighted by Crippen LogP contribution is 2.18. The molecule has 1 aromatic carbocycles. The summed E-state index contributed by atoms with van der Waals surface area (Å²) in [5.41, 5.74) is -0.548. The molecule has 2 rings (SSSR count). The number of nitrogens with zero attached hydrogens (tertiary/aromatic N) is 3. The van der Waals surface area contributed by atoms with Gasteiger partial charge in [-0.2, -0.15) is 0 Å². The summed E-state index contributed by atoms with van der Waals surface area (Å²) in [6.07, 6.45) is 5.08. The number of aromatic amines is 1. The van der Waals surface area contributed by atoms with Gasteiger partial charge in [0.2, 0.25) is 0 Å². The van der Waals surface area contributed by atoms with Crippen molar-refractivity contribution in [3.8, 4) is 0 Å². The highest BCUT2D eigenvalue weighted by Gasteiger charge is 2.11. The first-order chi connectivity index (χ1) is 8.11. The lowest BCUT2D eigenvalue weighted by Crippen LogP contribution is -1.91. The predicted molar refractivity (Wildman–Crippen MR) is 58.3 cm³/mol. The number of H-pyrrole nitrogens is 1. The van der Waals surface area contributed by atoms with E-state index in [1.165, 1.54) is 18.2 Å². The maximum Gasteiger partial charge on any atom is 0.276 e. The standard InChI is InChI=1S/C6H4N2O4.C3H4N2/c9-7(10)5-2-1-3-6(4-5)8(11)12;1-2-5-3-4-1/h1-4H;1-3H,(H,4,5). The van der Waals surface area contributed by atoms with Gasteiger partial charge in [0, 0.05) is 24.5 Å². The number of imidazole rings is 1. The fourth-order valence-electron chi connectivity index (χ4n) is 0.935. The van der Waals surface area contributed by atoms with Gasteiger partial charge < -0.3 is 4.98 Å². The largest absolute Gasteiger partial charge is 0.351 e. The Morgan fingerprint density at radius 3 is 2.00 bits per heavy atom. The van der Waals surface area contributed by atoms with Gasteiger partial charge >= 0.3 is 0 Å². The maximum atomic E-state index is 10.2. The van der Waals surface area contributed by atoms with Crippen molar-refractivity contribution in [1.29, 1.82) is 0 Å². The van der Waals surface area contributed by atoms with Gasteiger partial charge in [-0.1, -0.05) is 0 Å². The zero-order valence-corrected chi connectivity index (χ0v) is 8.52. The minimum Gasteiger partial charge on any atom is -0.351 e. The maximum absolute atomic E-state index is 10.2. The summed E-state index contributed by atoms with van der Waals surface area (Å²) in [4.78, 5) is 25.4. The van der Waals surface area contributed by atoms with Crippen molar-refractivity contribution in [3.05, 3.63) is 63.2 Å². The SMILES string of the molecule is O=[N+]([O-])c1cccc([N+](=O)[O-])c1.c1c[nH]cn1. The third-order valence-electron chi connectivity index (χ3n) is 1.66. The minimum absolute atomic E-state index is 0.274. The van der Waals surface area contributed by atoms with Crippen LogP contribution in [-0.2, 0) is 0 Å². The summed E-state index contributed by atoms with van der Waals surface area (Å²) in [6, 6.07) is 4.59. The molecule has 0 saturated heterocycles. The second kappa shape index (κ2) is 5.95. The Labute approximate surface area is 95.2 Å². The fraction of sp³-hybridized carbons (Fsp3) is 0. The Kier molecular flexibility index (Phi) is 4.31. The molecule has 1 N–H and O–H groups in total. The minimum atomic E-state index is -0.674. The van der Waals surface area contributed by atoms with Gasteiger partial charge in [-0.15, -0.1) is 0 Å². The number of aromatic nitrogens is 2. The van der Waals surface area contributed by atoms with Gasteiger partial charge in [0.1, 0.15) is 0 Å². The van der Waals surface area contributed by atoms with Crippen molar-refractivity contribution in [3.63, 3.8) is 0 Å². The first-order valence-corrected chi connectivity index (χ1v) is 4.43. The Hall–Kier alpha value is -2.77. The molecule has 17 heavy (non-hydrogen) atoms. The molecule has 0 aliphatic heterocycles. The van der Waals surface area contributed by atoms with Crippen molar-refractivity contribution >= 4 is 11.4 Å². The quantitative estimate of drug-likeness (QED) is 0.631. The van der Waals surface area contributed by atoms with Crippen LogP contribution in [0.2, 0.25) is 0 Å². The molecule has 0 radical (unpaired) electrons. The monoisotopic (exact) mass is 236 g/mol. The molecule has 8 nitrogen and oxygen atoms in total. The number of nitro groups is 2. The molecule has 2 aromatic rings. The number of benzene rings is 1. The molecule has 0 spiro atoms.